The predicted molar refractivity (Wildman–Crippen MR) is 120 cm³/mol. The molecule has 4 heterocycles. The first-order valence-corrected chi connectivity index (χ1v) is 10.4. The third kappa shape index (κ3) is 3.37. The number of nitrogens with zero attached hydrogens (tertiary/aromatic N) is 4. The van der Waals surface area contributed by atoms with E-state index in [0.717, 1.165) is 53.8 Å². The molecule has 1 fully saturated rings. The molecular formula is C24H26N4O2. The highest BCUT2D eigenvalue weighted by molar-refractivity contribution is 5.85. The van der Waals surface area contributed by atoms with Gasteiger partial charge in [0, 0.05) is 54.2 Å². The quantitative estimate of drug-likeness (QED) is 0.486. The minimum absolute atomic E-state index is 0.313. The molecule has 0 bridgehead atoms. The van der Waals surface area contributed by atoms with Crippen LogP contribution in [0.5, 0.6) is 0 Å². The molecule has 3 aromatic heterocycles. The monoisotopic (exact) mass is 402 g/mol. The molecule has 0 radical (unpaired) electrons. The van der Waals surface area contributed by atoms with Crippen molar-refractivity contribution in [1.82, 2.24) is 14.3 Å². The molecule has 6 nitrogen and oxygen atoms in total. The lowest BCUT2D eigenvalue weighted by atomic mass is 10.0. The summed E-state index contributed by atoms with van der Waals surface area (Å²) in [5.74, 6) is 0. The molecule has 0 N–H and O–H groups in total. The van der Waals surface area contributed by atoms with Crippen LogP contribution >= 0.6 is 0 Å². The number of aryl methyl sites for hydroxylation is 1. The highest BCUT2D eigenvalue weighted by Gasteiger charge is 2.21. The maximum atomic E-state index is 12.8. The Bertz CT molecular complexity index is 1280. The van der Waals surface area contributed by atoms with Crippen LogP contribution in [0.15, 0.2) is 58.1 Å². The summed E-state index contributed by atoms with van der Waals surface area (Å²) >= 11 is 0. The molecule has 1 aromatic carbocycles. The highest BCUT2D eigenvalue weighted by atomic mass is 16.4. The van der Waals surface area contributed by atoms with Crippen LogP contribution in [0.25, 0.3) is 27.6 Å². The standard InChI is InChI=1S/C24H26N4O2/c1-16-14-28-15-18(10-21(28)13-25-16)22-11-17-4-5-20(12-23(17)30-24(22)29)27-8-6-19(7-9-27)26(2)3/h4-5,10-15,19H,6-9H2,1-3H3. The van der Waals surface area contributed by atoms with Crippen molar-refractivity contribution in [2.75, 3.05) is 32.1 Å². The second-order valence-corrected chi connectivity index (χ2v) is 8.44. The van der Waals surface area contributed by atoms with E-state index in [4.69, 9.17) is 4.42 Å². The van der Waals surface area contributed by atoms with Crippen molar-refractivity contribution in [3.8, 4) is 11.1 Å². The van der Waals surface area contributed by atoms with Gasteiger partial charge in [0.2, 0.25) is 0 Å². The maximum Gasteiger partial charge on any atom is 0.344 e. The van der Waals surface area contributed by atoms with E-state index in [9.17, 15) is 4.79 Å². The Morgan fingerprint density at radius 2 is 1.90 bits per heavy atom. The molecule has 1 saturated heterocycles. The Kier molecular flexibility index (Phi) is 4.59. The van der Waals surface area contributed by atoms with Crippen molar-refractivity contribution < 1.29 is 4.42 Å². The molecule has 6 heteroatoms. The Morgan fingerprint density at radius 1 is 1.10 bits per heavy atom. The first-order chi connectivity index (χ1) is 14.5. The number of benzene rings is 1. The lowest BCUT2D eigenvalue weighted by Gasteiger charge is -2.36. The van der Waals surface area contributed by atoms with E-state index in [2.05, 4.69) is 41.0 Å². The number of hydrogen-bond donors (Lipinski definition) is 0. The van der Waals surface area contributed by atoms with Crippen molar-refractivity contribution in [2.24, 2.45) is 0 Å². The minimum Gasteiger partial charge on any atom is -0.422 e. The summed E-state index contributed by atoms with van der Waals surface area (Å²) in [6.07, 6.45) is 8.00. The number of aromatic nitrogens is 2. The summed E-state index contributed by atoms with van der Waals surface area (Å²) in [4.78, 5) is 21.8. The van der Waals surface area contributed by atoms with E-state index in [1.807, 2.05) is 48.1 Å². The Balaban J connectivity index is 1.47. The SMILES string of the molecule is Cc1cn2cc(-c3cc4ccc(N5CCC(N(C)C)CC5)cc4oc3=O)cc2cn1. The molecule has 1 aliphatic rings. The van der Waals surface area contributed by atoms with Gasteiger partial charge in [-0.2, -0.15) is 0 Å². The normalized spacial score (nSPS) is 15.5. The number of fused-ring (bicyclic) bond motifs is 2. The molecule has 154 valence electrons. The topological polar surface area (TPSA) is 54.0 Å². The fourth-order valence-corrected chi connectivity index (χ4v) is 4.40. The summed E-state index contributed by atoms with van der Waals surface area (Å²) in [6.45, 7) is 3.98. The van der Waals surface area contributed by atoms with Gasteiger partial charge in [-0.3, -0.25) is 4.98 Å². The Labute approximate surface area is 175 Å². The van der Waals surface area contributed by atoms with Gasteiger partial charge in [0.05, 0.1) is 23.0 Å². The van der Waals surface area contributed by atoms with Gasteiger partial charge in [-0.15, -0.1) is 0 Å². The average Bonchev–Trinajstić information content (AvgIpc) is 3.15. The van der Waals surface area contributed by atoms with E-state index >= 15 is 0 Å². The van der Waals surface area contributed by atoms with Gasteiger partial charge in [-0.25, -0.2) is 4.79 Å². The van der Waals surface area contributed by atoms with Crippen molar-refractivity contribution >= 4 is 22.2 Å². The van der Waals surface area contributed by atoms with E-state index in [-0.39, 0.29) is 5.63 Å². The molecule has 0 spiro atoms. The Morgan fingerprint density at radius 3 is 2.67 bits per heavy atom. The summed E-state index contributed by atoms with van der Waals surface area (Å²) in [5, 5.41) is 0.932. The molecule has 0 saturated carbocycles. The molecule has 30 heavy (non-hydrogen) atoms. The van der Waals surface area contributed by atoms with Crippen LogP contribution in [0.1, 0.15) is 18.5 Å². The Hall–Kier alpha value is -3.12. The molecule has 1 aliphatic heterocycles. The van der Waals surface area contributed by atoms with Gasteiger partial charge < -0.3 is 18.6 Å². The van der Waals surface area contributed by atoms with Crippen molar-refractivity contribution in [2.45, 2.75) is 25.8 Å². The minimum atomic E-state index is -0.313. The smallest absolute Gasteiger partial charge is 0.344 e. The van der Waals surface area contributed by atoms with E-state index in [0.29, 0.717) is 17.2 Å². The predicted octanol–water partition coefficient (Wildman–Crippen LogP) is 3.95. The van der Waals surface area contributed by atoms with E-state index < -0.39 is 0 Å². The molecule has 0 aliphatic carbocycles. The van der Waals surface area contributed by atoms with Crippen LogP contribution in [0.2, 0.25) is 0 Å². The summed E-state index contributed by atoms with van der Waals surface area (Å²) in [7, 11) is 4.29. The average molecular weight is 402 g/mol. The van der Waals surface area contributed by atoms with E-state index in [1.54, 1.807) is 0 Å². The van der Waals surface area contributed by atoms with Gasteiger partial charge >= 0.3 is 5.63 Å². The number of rotatable bonds is 3. The molecule has 0 unspecified atom stereocenters. The van der Waals surface area contributed by atoms with E-state index in [1.165, 1.54) is 0 Å². The number of anilines is 1. The van der Waals surface area contributed by atoms with Crippen LogP contribution in [0.3, 0.4) is 0 Å². The zero-order chi connectivity index (χ0) is 20.8. The van der Waals surface area contributed by atoms with Gasteiger partial charge in [-0.1, -0.05) is 0 Å². The molecule has 0 atom stereocenters. The first-order valence-electron chi connectivity index (χ1n) is 10.4. The third-order valence-electron chi connectivity index (χ3n) is 6.20. The zero-order valence-corrected chi connectivity index (χ0v) is 17.6. The summed E-state index contributed by atoms with van der Waals surface area (Å²) < 4.78 is 7.73. The largest absolute Gasteiger partial charge is 0.422 e. The zero-order valence-electron chi connectivity index (χ0n) is 17.6. The second kappa shape index (κ2) is 7.29. The lowest BCUT2D eigenvalue weighted by molar-refractivity contribution is 0.249. The van der Waals surface area contributed by atoms with Gasteiger partial charge in [0.25, 0.3) is 0 Å². The van der Waals surface area contributed by atoms with Crippen LogP contribution in [-0.4, -0.2) is 47.5 Å². The summed E-state index contributed by atoms with van der Waals surface area (Å²) in [5.41, 5.74) is 4.73. The van der Waals surface area contributed by atoms with Crippen LogP contribution in [-0.2, 0) is 0 Å². The molecule has 5 rings (SSSR count). The molecule has 4 aromatic rings. The second-order valence-electron chi connectivity index (χ2n) is 8.44. The number of piperidine rings is 1. The summed E-state index contributed by atoms with van der Waals surface area (Å²) in [6, 6.07) is 10.7. The fraction of sp³-hybridized carbons (Fsp3) is 0.333. The van der Waals surface area contributed by atoms with Crippen LogP contribution in [0, 0.1) is 6.92 Å². The number of hydrogen-bond acceptors (Lipinski definition) is 5. The van der Waals surface area contributed by atoms with Gasteiger partial charge in [0.15, 0.2) is 0 Å². The maximum absolute atomic E-state index is 12.8. The van der Waals surface area contributed by atoms with Crippen LogP contribution in [0.4, 0.5) is 5.69 Å². The highest BCUT2D eigenvalue weighted by Crippen LogP contribution is 2.28. The third-order valence-corrected chi connectivity index (χ3v) is 6.20. The van der Waals surface area contributed by atoms with Crippen molar-refractivity contribution in [3.63, 3.8) is 0 Å². The van der Waals surface area contributed by atoms with Gasteiger partial charge in [-0.05, 0) is 58.1 Å². The van der Waals surface area contributed by atoms with Crippen LogP contribution < -0.4 is 10.5 Å². The fourth-order valence-electron chi connectivity index (χ4n) is 4.40. The molecular weight excluding hydrogens is 376 g/mol. The molecule has 0 amide bonds. The van der Waals surface area contributed by atoms with Crippen molar-refractivity contribution in [1.29, 1.82) is 0 Å². The lowest BCUT2D eigenvalue weighted by Crippen LogP contribution is -2.41. The van der Waals surface area contributed by atoms with Crippen molar-refractivity contribution in [3.05, 3.63) is 65.0 Å². The first kappa shape index (κ1) is 18.9. The van der Waals surface area contributed by atoms with Gasteiger partial charge in [0.1, 0.15) is 5.58 Å².